The number of aliphatic hydroxyl groups excluding tert-OH is 13. The molecule has 5 fully saturated rings. The zero-order chi connectivity index (χ0) is 62.5. The molecule has 0 bridgehead atoms. The third-order valence-electron chi connectivity index (χ3n) is 14.9. The molecule has 24 atom stereocenters. The summed E-state index contributed by atoms with van der Waals surface area (Å²) in [7, 11) is 0. The van der Waals surface area contributed by atoms with Crippen molar-refractivity contribution >= 4 is 23.0 Å². The van der Waals surface area contributed by atoms with E-state index in [0.29, 0.717) is 0 Å². The van der Waals surface area contributed by atoms with E-state index in [1.807, 2.05) is 0 Å². The number of carbonyl (C=O) groups is 1. The summed E-state index contributed by atoms with van der Waals surface area (Å²) in [6.45, 7) is 0.137. The van der Waals surface area contributed by atoms with Crippen molar-refractivity contribution in [3.63, 3.8) is 0 Å². The zero-order valence-corrected chi connectivity index (χ0v) is 44.9. The van der Waals surface area contributed by atoms with Gasteiger partial charge in [0.15, 0.2) is 53.7 Å². The summed E-state index contributed by atoms with van der Waals surface area (Å²) in [5.74, 6) is -8.17. The van der Waals surface area contributed by atoms with Crippen molar-refractivity contribution in [3.05, 3.63) is 64.3 Å². The highest BCUT2D eigenvalue weighted by atomic mass is 16.8. The van der Waals surface area contributed by atoms with Crippen molar-refractivity contribution in [3.8, 4) is 57.3 Å². The number of benzene rings is 3. The molecule has 5 aliphatic heterocycles. The Bertz CT molecular complexity index is 3100. The van der Waals surface area contributed by atoms with Gasteiger partial charge in [-0.2, -0.15) is 0 Å². The summed E-state index contributed by atoms with van der Waals surface area (Å²) in [6.07, 6.45) is -43.2. The second kappa shape index (κ2) is 26.1. The number of hydrogen-bond acceptors (Lipinski definition) is 33. The van der Waals surface area contributed by atoms with Gasteiger partial charge in [0.05, 0.1) is 25.4 Å². The van der Waals surface area contributed by atoms with Crippen molar-refractivity contribution in [1.82, 2.24) is 0 Å². The Morgan fingerprint density at radius 2 is 1.10 bits per heavy atom. The number of carbonyl (C=O) groups excluding carboxylic acids is 1. The van der Waals surface area contributed by atoms with Crippen LogP contribution >= 0.6 is 0 Å². The lowest BCUT2D eigenvalue weighted by atomic mass is 9.96. The first kappa shape index (κ1) is 64.1. The van der Waals surface area contributed by atoms with Crippen LogP contribution in [0.5, 0.6) is 46.0 Å². The summed E-state index contributed by atoms with van der Waals surface area (Å²) in [5.41, 5.74) is -2.10. The van der Waals surface area contributed by atoms with E-state index in [2.05, 4.69) is 0 Å². The average Bonchev–Trinajstić information content (AvgIpc) is 1.01. The summed E-state index contributed by atoms with van der Waals surface area (Å²) in [4.78, 5) is 27.6. The predicted octanol–water partition coefficient (Wildman–Crippen LogP) is -5.52. The van der Waals surface area contributed by atoms with E-state index in [1.165, 1.54) is 26.0 Å². The Morgan fingerprint density at radius 3 is 1.77 bits per heavy atom. The fourth-order valence-corrected chi connectivity index (χ4v) is 9.99. The van der Waals surface area contributed by atoms with E-state index < -0.39 is 247 Å². The number of fused-ring (bicyclic) bond motifs is 1. The number of rotatable bonds is 16. The first-order chi connectivity index (χ1) is 40.7. The van der Waals surface area contributed by atoms with E-state index in [4.69, 9.17) is 56.5 Å². The number of esters is 1. The monoisotopic (exact) mass is 1230 g/mol. The Balaban J connectivity index is 1.02. The molecule has 3 aromatic carbocycles. The molecule has 6 heterocycles. The minimum Gasteiger partial charge on any atom is -0.508 e. The molecule has 0 amide bonds. The van der Waals surface area contributed by atoms with Crippen LogP contribution in [0, 0.1) is 0 Å². The van der Waals surface area contributed by atoms with Crippen LogP contribution in [0.25, 0.3) is 28.4 Å². The van der Waals surface area contributed by atoms with Gasteiger partial charge in [-0.05, 0) is 49.8 Å². The fourth-order valence-electron chi connectivity index (χ4n) is 9.99. The average molecular weight is 1230 g/mol. The van der Waals surface area contributed by atoms with Crippen LogP contribution in [0.4, 0.5) is 0 Å². The van der Waals surface area contributed by atoms with Gasteiger partial charge in [-0.3, -0.25) is 4.79 Å². The van der Waals surface area contributed by atoms with Crippen LogP contribution in [0.15, 0.2) is 57.8 Å². The predicted molar refractivity (Wildman–Crippen MR) is 275 cm³/mol. The summed E-state index contributed by atoms with van der Waals surface area (Å²) >= 11 is 0. The molecule has 5 aliphatic rings. The van der Waals surface area contributed by atoms with Gasteiger partial charge in [0.2, 0.25) is 29.5 Å². The number of aromatic hydroxyl groups is 6. The highest BCUT2D eigenvalue weighted by Gasteiger charge is 2.55. The molecule has 0 saturated carbocycles. The lowest BCUT2D eigenvalue weighted by Crippen LogP contribution is -2.67. The van der Waals surface area contributed by atoms with E-state index in [1.54, 1.807) is 0 Å². The van der Waals surface area contributed by atoms with Gasteiger partial charge in [-0.1, -0.05) is 6.07 Å². The lowest BCUT2D eigenvalue weighted by molar-refractivity contribution is -0.388. The molecule has 5 saturated heterocycles. The molecule has 9 rings (SSSR count). The highest BCUT2D eigenvalue weighted by Crippen LogP contribution is 2.46. The molecular formula is C53H64O33. The smallest absolute Gasteiger partial charge is 0.330 e. The Morgan fingerprint density at radius 1 is 0.547 bits per heavy atom. The van der Waals surface area contributed by atoms with Crippen LogP contribution < -0.4 is 14.9 Å². The van der Waals surface area contributed by atoms with Gasteiger partial charge in [0.25, 0.3) is 0 Å². The van der Waals surface area contributed by atoms with Crippen molar-refractivity contribution < 1.29 is 158 Å². The number of ether oxygens (including phenoxy) is 11. The lowest BCUT2D eigenvalue weighted by Gasteiger charge is -2.48. The van der Waals surface area contributed by atoms with E-state index in [-0.39, 0.29) is 5.56 Å². The maximum absolute atomic E-state index is 14.7. The molecular weight excluding hydrogens is 1160 g/mol. The molecule has 0 spiro atoms. The molecule has 19 N–H and O–H groups in total. The molecule has 0 aliphatic carbocycles. The maximum atomic E-state index is 14.7. The minimum absolute atomic E-state index is 0.224. The van der Waals surface area contributed by atoms with Crippen LogP contribution in [0.1, 0.15) is 19.4 Å². The van der Waals surface area contributed by atoms with E-state index >= 15 is 0 Å². The van der Waals surface area contributed by atoms with Crippen LogP contribution in [-0.4, -0.2) is 270 Å². The Labute approximate surface area is 483 Å². The van der Waals surface area contributed by atoms with Crippen molar-refractivity contribution in [2.24, 2.45) is 0 Å². The third kappa shape index (κ3) is 13.0. The van der Waals surface area contributed by atoms with Gasteiger partial charge in [0.1, 0.15) is 127 Å². The van der Waals surface area contributed by atoms with Gasteiger partial charge >= 0.3 is 5.97 Å². The normalized spacial score (nSPS) is 37.8. The Hall–Kier alpha value is -6.36. The van der Waals surface area contributed by atoms with Gasteiger partial charge in [-0.25, -0.2) is 4.79 Å². The van der Waals surface area contributed by atoms with Crippen molar-refractivity contribution in [2.45, 2.75) is 161 Å². The summed E-state index contributed by atoms with van der Waals surface area (Å²) < 4.78 is 68.8. The topological polar surface area (TPSA) is 533 Å². The van der Waals surface area contributed by atoms with Gasteiger partial charge < -0.3 is 154 Å². The quantitative estimate of drug-likeness (QED) is 0.0283. The number of phenolic OH excluding ortho intramolecular Hbond substituents is 6. The third-order valence-corrected chi connectivity index (χ3v) is 14.9. The molecule has 33 nitrogen and oxygen atoms in total. The largest absolute Gasteiger partial charge is 0.508 e. The molecule has 33 heteroatoms. The van der Waals surface area contributed by atoms with E-state index in [9.17, 15) is 107 Å². The van der Waals surface area contributed by atoms with Crippen molar-refractivity contribution in [2.75, 3.05) is 19.8 Å². The molecule has 474 valence electrons. The zero-order valence-electron chi connectivity index (χ0n) is 44.9. The Kier molecular flexibility index (Phi) is 19.5. The number of aliphatic hydroxyl groups is 13. The van der Waals surface area contributed by atoms with Gasteiger partial charge in [0, 0.05) is 23.8 Å². The summed E-state index contributed by atoms with van der Waals surface area (Å²) in [5, 5.41) is 204. The van der Waals surface area contributed by atoms with Crippen LogP contribution in [0.3, 0.4) is 0 Å². The fraction of sp³-hybridized carbons (Fsp3) is 0.547. The van der Waals surface area contributed by atoms with Crippen LogP contribution in [-0.2, 0) is 47.4 Å². The second-order valence-corrected chi connectivity index (χ2v) is 20.9. The molecule has 9 unspecified atom stereocenters. The van der Waals surface area contributed by atoms with Crippen molar-refractivity contribution in [1.29, 1.82) is 0 Å². The van der Waals surface area contributed by atoms with Gasteiger partial charge in [-0.15, -0.1) is 0 Å². The second-order valence-electron chi connectivity index (χ2n) is 20.9. The maximum Gasteiger partial charge on any atom is 0.330 e. The SMILES string of the molecule is CC1O[C@@H](O[C@@H]2CO[C@@H](Oc3c(O)cc(-c4oc5cc(O)cc(O)c5c(=O)c4O[C@@H]4OC(C)[C@H](O)[C@H](O)C4O[C@@H]4OC(COC(=O)C=Cc5ccc(O)c(O)c5)[C@@H](O)[C@@H](O)C4O[C@@H]4OC(CO)[C@@H](O)[C@@H](O)C4O)cc3O)C(O)[C@@H]2O)C(O)[C@@H](O)[C@H]1O. The molecule has 86 heavy (non-hydrogen) atoms. The molecule has 4 aromatic rings. The number of phenols is 6. The number of hydrogen-bond donors (Lipinski definition) is 19. The summed E-state index contributed by atoms with van der Waals surface area (Å²) in [6, 6.07) is 6.81. The van der Waals surface area contributed by atoms with Crippen LogP contribution in [0.2, 0.25) is 0 Å². The van der Waals surface area contributed by atoms with E-state index in [0.717, 1.165) is 42.5 Å². The molecule has 0 radical (unpaired) electrons. The minimum atomic E-state index is -2.26. The first-order valence-corrected chi connectivity index (χ1v) is 26.4. The standard InChI is InChI=1S/C53H64O33/c1-15-31(62)37(68)42(73)50(77-15)81-28-14-76-49(41(72)35(28)66)83-45-23(59)8-18(9-24(45)60)44-46(36(67)30-22(58)10-19(55)11-25(30)79-44)84-52-47(39(70)32(63)16(2)78-52)86-53-48(85-51-43(74)38(69)33(64)26(12-54)80-51)40(71)34(65)27(82-53)13-75-29(61)6-4-17-3-5-20(56)21(57)7-17/h3-11,15-16,26-28,31-35,37-43,47-60,62-66,68-74H,12-14H2,1-2H3/t15?,16?,26?,27?,28-,31+,32+,33-,34-,35-,37+,38-,39+,40-,41?,42?,43?,47?,48?,49+,50+,51+,52+,53+/m1/s1. The highest BCUT2D eigenvalue weighted by molar-refractivity contribution is 5.89. The first-order valence-electron chi connectivity index (χ1n) is 26.4. The molecule has 1 aromatic heterocycles.